The minimum absolute atomic E-state index is 0.0128. The first-order chi connectivity index (χ1) is 14.6. The van der Waals surface area contributed by atoms with Crippen molar-refractivity contribution in [1.82, 2.24) is 5.32 Å². The zero-order valence-electron chi connectivity index (χ0n) is 16.1. The van der Waals surface area contributed by atoms with Crippen molar-refractivity contribution < 1.29 is 32.2 Å². The quantitative estimate of drug-likeness (QED) is 0.507. The molecule has 10 heteroatoms. The molecule has 0 saturated heterocycles. The van der Waals surface area contributed by atoms with Crippen LogP contribution in [0.15, 0.2) is 51.7 Å². The van der Waals surface area contributed by atoms with Gasteiger partial charge in [-0.25, -0.2) is 0 Å². The Balaban J connectivity index is 1.99. The van der Waals surface area contributed by atoms with Crippen LogP contribution in [-0.2, 0) is 11.0 Å². The summed E-state index contributed by atoms with van der Waals surface area (Å²) in [5, 5.41) is 11.9. The van der Waals surface area contributed by atoms with E-state index in [4.69, 9.17) is 25.9 Å². The largest absolute Gasteiger partial charge is 0.491 e. The van der Waals surface area contributed by atoms with Crippen LogP contribution >= 0.6 is 11.6 Å². The third-order valence-electron chi connectivity index (χ3n) is 4.46. The lowest BCUT2D eigenvalue weighted by Gasteiger charge is -2.15. The maximum Gasteiger partial charge on any atom is 0.416 e. The smallest absolute Gasteiger partial charge is 0.416 e. The number of rotatable bonds is 7. The maximum absolute atomic E-state index is 13.2. The van der Waals surface area contributed by atoms with Gasteiger partial charge in [0.1, 0.15) is 24.2 Å². The molecular weight excluding hydrogens is 439 g/mol. The molecule has 0 aliphatic carbocycles. The second-order valence-electron chi connectivity index (χ2n) is 6.66. The van der Waals surface area contributed by atoms with E-state index in [1.165, 1.54) is 19.1 Å². The summed E-state index contributed by atoms with van der Waals surface area (Å²) in [6.07, 6.45) is -4.61. The molecule has 3 aromatic rings. The Morgan fingerprint density at radius 2 is 2.00 bits per heavy atom. The van der Waals surface area contributed by atoms with Crippen molar-refractivity contribution in [2.24, 2.45) is 0 Å². The van der Waals surface area contributed by atoms with E-state index in [0.717, 1.165) is 24.3 Å². The zero-order chi connectivity index (χ0) is 22.8. The Morgan fingerprint density at radius 3 is 2.68 bits per heavy atom. The number of hydrogen-bond acceptors (Lipinski definition) is 5. The number of alkyl halides is 3. The molecule has 2 N–H and O–H groups in total. The summed E-state index contributed by atoms with van der Waals surface area (Å²) in [5.74, 6) is -1.26. The van der Waals surface area contributed by atoms with Crippen molar-refractivity contribution in [2.75, 3.05) is 13.2 Å². The van der Waals surface area contributed by atoms with Crippen molar-refractivity contribution in [3.8, 4) is 17.1 Å². The van der Waals surface area contributed by atoms with Crippen LogP contribution in [0, 0.1) is 0 Å². The van der Waals surface area contributed by atoms with Gasteiger partial charge in [-0.3, -0.25) is 9.59 Å². The highest BCUT2D eigenvalue weighted by molar-refractivity contribution is 6.34. The number of halogens is 4. The maximum atomic E-state index is 13.2. The number of nitrogens with one attached hydrogen (secondary N) is 1. The molecule has 1 aromatic heterocycles. The number of carboxylic acid groups (broad SMARTS) is 1. The number of carbonyl (C=O) groups is 1. The van der Waals surface area contributed by atoms with E-state index in [0.29, 0.717) is 0 Å². The van der Waals surface area contributed by atoms with Crippen molar-refractivity contribution in [3.05, 3.63) is 63.3 Å². The molecule has 1 atom stereocenters. The summed E-state index contributed by atoms with van der Waals surface area (Å²) in [6.45, 7) is 1.37. The molecule has 31 heavy (non-hydrogen) atoms. The first-order valence-electron chi connectivity index (χ1n) is 9.11. The van der Waals surface area contributed by atoms with Gasteiger partial charge < -0.3 is 19.6 Å². The molecule has 0 fully saturated rings. The van der Waals surface area contributed by atoms with E-state index in [-0.39, 0.29) is 46.2 Å². The monoisotopic (exact) mass is 455 g/mol. The fourth-order valence-corrected chi connectivity index (χ4v) is 3.03. The summed E-state index contributed by atoms with van der Waals surface area (Å²) >= 11 is 6.10. The molecule has 0 amide bonds. The lowest BCUT2D eigenvalue weighted by Crippen LogP contribution is -2.36. The van der Waals surface area contributed by atoms with Gasteiger partial charge in [0, 0.05) is 12.6 Å². The van der Waals surface area contributed by atoms with E-state index in [9.17, 15) is 22.8 Å². The van der Waals surface area contributed by atoms with E-state index in [2.05, 4.69) is 5.32 Å². The van der Waals surface area contributed by atoms with Gasteiger partial charge in [-0.15, -0.1) is 0 Å². The number of fused-ring (bicyclic) bond motifs is 1. The highest BCUT2D eigenvalue weighted by Crippen LogP contribution is 2.38. The number of ether oxygens (including phenoxy) is 1. The lowest BCUT2D eigenvalue weighted by atomic mass is 10.1. The first kappa shape index (κ1) is 22.6. The van der Waals surface area contributed by atoms with Crippen molar-refractivity contribution in [2.45, 2.75) is 19.1 Å². The summed E-state index contributed by atoms with van der Waals surface area (Å²) in [7, 11) is 0. The molecule has 0 saturated carbocycles. The lowest BCUT2D eigenvalue weighted by molar-refractivity contribution is -0.139. The van der Waals surface area contributed by atoms with Gasteiger partial charge in [0.05, 0.1) is 21.5 Å². The Bertz CT molecular complexity index is 1180. The number of para-hydroxylation sites is 1. The van der Waals surface area contributed by atoms with Crippen LogP contribution < -0.4 is 15.5 Å². The standard InChI is InChI=1S/C21H17ClF3NO5/c1-11(20(28)29)26-7-8-30-17-9-12(21(23,24)25)5-6-14(17)18-10-16(27)13-3-2-4-15(22)19(13)31-18/h2-6,9-11,26H,7-8H2,1H3,(H,28,29). The minimum atomic E-state index is -4.61. The zero-order valence-corrected chi connectivity index (χ0v) is 16.9. The normalized spacial score (nSPS) is 12.7. The van der Waals surface area contributed by atoms with Crippen molar-refractivity contribution in [3.63, 3.8) is 0 Å². The van der Waals surface area contributed by atoms with Crippen LogP contribution in [0.3, 0.4) is 0 Å². The second-order valence-corrected chi connectivity index (χ2v) is 7.07. The molecule has 0 bridgehead atoms. The molecule has 0 radical (unpaired) electrons. The first-order valence-corrected chi connectivity index (χ1v) is 9.48. The number of aliphatic carboxylic acids is 1. The van der Waals surface area contributed by atoms with Crippen LogP contribution in [0.4, 0.5) is 13.2 Å². The van der Waals surface area contributed by atoms with Crippen LogP contribution in [0.25, 0.3) is 22.3 Å². The number of hydrogen-bond donors (Lipinski definition) is 2. The summed E-state index contributed by atoms with van der Waals surface area (Å²) < 4.78 is 50.8. The number of benzene rings is 2. The third-order valence-corrected chi connectivity index (χ3v) is 4.76. The predicted molar refractivity (Wildman–Crippen MR) is 109 cm³/mol. The molecule has 1 unspecified atom stereocenters. The average molecular weight is 456 g/mol. The molecule has 0 spiro atoms. The van der Waals surface area contributed by atoms with Gasteiger partial charge in [-0.05, 0) is 37.3 Å². The minimum Gasteiger partial charge on any atom is -0.491 e. The molecule has 3 rings (SSSR count). The molecule has 2 aromatic carbocycles. The average Bonchev–Trinajstić information content (AvgIpc) is 2.70. The Kier molecular flexibility index (Phi) is 6.56. The van der Waals surface area contributed by atoms with E-state index in [1.54, 1.807) is 6.07 Å². The van der Waals surface area contributed by atoms with Gasteiger partial charge >= 0.3 is 12.1 Å². The van der Waals surface area contributed by atoms with Crippen molar-refractivity contribution >= 4 is 28.5 Å². The Hall–Kier alpha value is -3.04. The van der Waals surface area contributed by atoms with Crippen LogP contribution in [0.2, 0.25) is 5.02 Å². The highest BCUT2D eigenvalue weighted by atomic mass is 35.5. The van der Waals surface area contributed by atoms with Crippen molar-refractivity contribution in [1.29, 1.82) is 0 Å². The van der Waals surface area contributed by atoms with E-state index < -0.39 is 29.2 Å². The summed E-state index contributed by atoms with van der Waals surface area (Å²) in [5.41, 5.74) is -1.13. The highest BCUT2D eigenvalue weighted by Gasteiger charge is 2.31. The van der Waals surface area contributed by atoms with Crippen LogP contribution in [0.5, 0.6) is 5.75 Å². The third kappa shape index (κ3) is 5.18. The molecular formula is C21H17ClF3NO5. The second kappa shape index (κ2) is 8.99. The van der Waals surface area contributed by atoms with Gasteiger partial charge in [0.2, 0.25) is 0 Å². The van der Waals surface area contributed by atoms with Gasteiger partial charge in [0.15, 0.2) is 11.0 Å². The molecule has 1 heterocycles. The fraction of sp³-hybridized carbons (Fsp3) is 0.238. The van der Waals surface area contributed by atoms with E-state index in [1.807, 2.05) is 0 Å². The Morgan fingerprint density at radius 1 is 1.26 bits per heavy atom. The van der Waals surface area contributed by atoms with Crippen LogP contribution in [-0.4, -0.2) is 30.3 Å². The van der Waals surface area contributed by atoms with Crippen LogP contribution in [0.1, 0.15) is 12.5 Å². The van der Waals surface area contributed by atoms with Gasteiger partial charge in [0.25, 0.3) is 0 Å². The molecule has 0 aliphatic rings. The fourth-order valence-electron chi connectivity index (χ4n) is 2.82. The molecule has 0 aliphatic heterocycles. The molecule has 6 nitrogen and oxygen atoms in total. The van der Waals surface area contributed by atoms with Gasteiger partial charge in [-0.2, -0.15) is 13.2 Å². The summed E-state index contributed by atoms with van der Waals surface area (Å²) in [4.78, 5) is 23.3. The number of carboxylic acids is 1. The molecule has 164 valence electrons. The predicted octanol–water partition coefficient (Wildman–Crippen LogP) is 4.57. The topological polar surface area (TPSA) is 88.8 Å². The van der Waals surface area contributed by atoms with Gasteiger partial charge in [-0.1, -0.05) is 17.7 Å². The summed E-state index contributed by atoms with van der Waals surface area (Å²) in [6, 6.07) is 7.72. The van der Waals surface area contributed by atoms with E-state index >= 15 is 0 Å². The Labute approximate surface area is 179 Å². The SMILES string of the molecule is CC(NCCOc1cc(C(F)(F)F)ccc1-c1cc(=O)c2cccc(Cl)c2o1)C(=O)O.